The van der Waals surface area contributed by atoms with E-state index in [1.54, 1.807) is 11.3 Å². The van der Waals surface area contributed by atoms with Crippen LogP contribution in [0.3, 0.4) is 0 Å². The first-order chi connectivity index (χ1) is 8.72. The Hall–Kier alpha value is 0.140. The molecule has 1 N–H and O–H groups in total. The Labute approximate surface area is 123 Å². The van der Waals surface area contributed by atoms with E-state index in [0.29, 0.717) is 5.92 Å². The summed E-state index contributed by atoms with van der Waals surface area (Å²) in [5.74, 6) is 1.38. The van der Waals surface area contributed by atoms with Crippen molar-refractivity contribution in [2.45, 2.75) is 58.0 Å². The SMILES string of the molecule is CCCCC1CCC(C(O)c2cscc2Br)CC1. The van der Waals surface area contributed by atoms with Crippen molar-refractivity contribution in [3.63, 3.8) is 0 Å². The van der Waals surface area contributed by atoms with Crippen molar-refractivity contribution >= 4 is 27.3 Å². The molecule has 102 valence electrons. The average molecular weight is 331 g/mol. The fourth-order valence-electron chi connectivity index (χ4n) is 3.04. The summed E-state index contributed by atoms with van der Waals surface area (Å²) >= 11 is 5.19. The minimum Gasteiger partial charge on any atom is -0.388 e. The summed E-state index contributed by atoms with van der Waals surface area (Å²) in [6, 6.07) is 0. The molecule has 0 radical (unpaired) electrons. The van der Waals surface area contributed by atoms with Crippen LogP contribution in [0, 0.1) is 11.8 Å². The lowest BCUT2D eigenvalue weighted by Crippen LogP contribution is -2.20. The van der Waals surface area contributed by atoms with E-state index in [1.807, 2.05) is 0 Å². The molecule has 3 heteroatoms. The van der Waals surface area contributed by atoms with Gasteiger partial charge in [0, 0.05) is 15.4 Å². The van der Waals surface area contributed by atoms with Crippen LogP contribution in [0.2, 0.25) is 0 Å². The number of halogens is 1. The van der Waals surface area contributed by atoms with Crippen molar-refractivity contribution in [1.82, 2.24) is 0 Å². The molecule has 0 saturated heterocycles. The molecule has 0 amide bonds. The van der Waals surface area contributed by atoms with Gasteiger partial charge in [0.25, 0.3) is 0 Å². The van der Waals surface area contributed by atoms with Crippen LogP contribution in [0.4, 0.5) is 0 Å². The number of hydrogen-bond acceptors (Lipinski definition) is 2. The van der Waals surface area contributed by atoms with E-state index in [2.05, 4.69) is 33.6 Å². The second-order valence-electron chi connectivity index (χ2n) is 5.54. The Bertz CT molecular complexity index is 355. The quantitative estimate of drug-likeness (QED) is 0.751. The number of rotatable bonds is 5. The molecular weight excluding hydrogens is 308 g/mol. The van der Waals surface area contributed by atoms with Gasteiger partial charge in [-0.15, -0.1) is 0 Å². The Morgan fingerprint density at radius 3 is 2.61 bits per heavy atom. The van der Waals surface area contributed by atoms with E-state index >= 15 is 0 Å². The van der Waals surface area contributed by atoms with Crippen molar-refractivity contribution in [1.29, 1.82) is 0 Å². The molecule has 1 aliphatic carbocycles. The largest absolute Gasteiger partial charge is 0.388 e. The molecule has 1 unspecified atom stereocenters. The van der Waals surface area contributed by atoms with Crippen LogP contribution < -0.4 is 0 Å². The van der Waals surface area contributed by atoms with Gasteiger partial charge in [0.15, 0.2) is 0 Å². The standard InChI is InChI=1S/C15H23BrOS/c1-2-3-4-11-5-7-12(8-6-11)15(17)13-9-18-10-14(13)16/h9-12,15,17H,2-8H2,1H3. The summed E-state index contributed by atoms with van der Waals surface area (Å²) in [7, 11) is 0. The highest BCUT2D eigenvalue weighted by atomic mass is 79.9. The molecule has 1 saturated carbocycles. The van der Waals surface area contributed by atoms with Crippen molar-refractivity contribution in [3.05, 3.63) is 20.8 Å². The van der Waals surface area contributed by atoms with Crippen molar-refractivity contribution in [2.24, 2.45) is 11.8 Å². The summed E-state index contributed by atoms with van der Waals surface area (Å²) in [5, 5.41) is 14.6. The molecule has 1 aliphatic rings. The zero-order valence-electron chi connectivity index (χ0n) is 11.1. The van der Waals surface area contributed by atoms with Gasteiger partial charge >= 0.3 is 0 Å². The molecule has 0 aliphatic heterocycles. The van der Waals surface area contributed by atoms with E-state index in [-0.39, 0.29) is 6.10 Å². The number of aliphatic hydroxyl groups is 1. The zero-order chi connectivity index (χ0) is 13.0. The van der Waals surface area contributed by atoms with Crippen LogP contribution in [0.25, 0.3) is 0 Å². The molecule has 0 aromatic carbocycles. The molecule has 1 nitrogen and oxygen atoms in total. The number of thiophene rings is 1. The fourth-order valence-corrected chi connectivity index (χ4v) is 4.60. The highest BCUT2D eigenvalue weighted by molar-refractivity contribution is 9.10. The lowest BCUT2D eigenvalue weighted by molar-refractivity contribution is 0.0718. The third-order valence-electron chi connectivity index (χ3n) is 4.26. The van der Waals surface area contributed by atoms with Gasteiger partial charge in [0.05, 0.1) is 6.10 Å². The van der Waals surface area contributed by atoms with E-state index in [9.17, 15) is 5.11 Å². The predicted molar refractivity (Wildman–Crippen MR) is 82.0 cm³/mol. The topological polar surface area (TPSA) is 20.2 Å². The molecule has 0 bridgehead atoms. The molecule has 1 fully saturated rings. The molecule has 1 aromatic heterocycles. The minimum absolute atomic E-state index is 0.266. The monoisotopic (exact) mass is 330 g/mol. The van der Waals surface area contributed by atoms with Crippen LogP contribution in [0.5, 0.6) is 0 Å². The molecule has 0 spiro atoms. The summed E-state index contributed by atoms with van der Waals surface area (Å²) in [6.07, 6.45) is 8.81. The zero-order valence-corrected chi connectivity index (χ0v) is 13.5. The van der Waals surface area contributed by atoms with Crippen molar-refractivity contribution < 1.29 is 5.11 Å². The van der Waals surface area contributed by atoms with Gasteiger partial charge in [-0.2, -0.15) is 11.3 Å². The van der Waals surface area contributed by atoms with Gasteiger partial charge in [-0.25, -0.2) is 0 Å². The lowest BCUT2D eigenvalue weighted by Gasteiger charge is -2.31. The minimum atomic E-state index is -0.266. The lowest BCUT2D eigenvalue weighted by atomic mass is 9.76. The normalized spacial score (nSPS) is 26.2. The second kappa shape index (κ2) is 7.06. The first kappa shape index (κ1) is 14.5. The molecule has 18 heavy (non-hydrogen) atoms. The van der Waals surface area contributed by atoms with Gasteiger partial charge < -0.3 is 5.11 Å². The Morgan fingerprint density at radius 2 is 2.06 bits per heavy atom. The summed E-state index contributed by atoms with van der Waals surface area (Å²) in [6.45, 7) is 2.27. The molecular formula is C15H23BrOS. The van der Waals surface area contributed by atoms with Crippen molar-refractivity contribution in [2.75, 3.05) is 0 Å². The molecule has 1 atom stereocenters. The second-order valence-corrected chi connectivity index (χ2v) is 7.14. The molecule has 1 aromatic rings. The maximum Gasteiger partial charge on any atom is 0.0837 e. The predicted octanol–water partition coefficient (Wildman–Crippen LogP) is 5.54. The van der Waals surface area contributed by atoms with Crippen LogP contribution in [0.1, 0.15) is 63.5 Å². The van der Waals surface area contributed by atoms with E-state index in [0.717, 1.165) is 16.0 Å². The van der Waals surface area contributed by atoms with E-state index in [4.69, 9.17) is 0 Å². The first-order valence-corrected chi connectivity index (χ1v) is 8.85. The Kier molecular flexibility index (Phi) is 5.71. The van der Waals surface area contributed by atoms with E-state index in [1.165, 1.54) is 44.9 Å². The van der Waals surface area contributed by atoms with Crippen LogP contribution in [-0.2, 0) is 0 Å². The highest BCUT2D eigenvalue weighted by Gasteiger charge is 2.28. The van der Waals surface area contributed by atoms with Crippen molar-refractivity contribution in [3.8, 4) is 0 Å². The van der Waals surface area contributed by atoms with Gasteiger partial charge in [-0.05, 0) is 46.0 Å². The first-order valence-electron chi connectivity index (χ1n) is 7.12. The van der Waals surface area contributed by atoms with Crippen LogP contribution in [-0.4, -0.2) is 5.11 Å². The number of aliphatic hydroxyl groups excluding tert-OH is 1. The van der Waals surface area contributed by atoms with Gasteiger partial charge in [0.1, 0.15) is 0 Å². The Balaban J connectivity index is 1.84. The summed E-state index contributed by atoms with van der Waals surface area (Å²) in [5.41, 5.74) is 1.09. The van der Waals surface area contributed by atoms with Crippen LogP contribution >= 0.6 is 27.3 Å². The van der Waals surface area contributed by atoms with Gasteiger partial charge in [-0.3, -0.25) is 0 Å². The molecule has 2 rings (SSSR count). The fraction of sp³-hybridized carbons (Fsp3) is 0.733. The number of unbranched alkanes of at least 4 members (excludes halogenated alkanes) is 1. The highest BCUT2D eigenvalue weighted by Crippen LogP contribution is 2.41. The third-order valence-corrected chi connectivity index (χ3v) is 6.02. The van der Waals surface area contributed by atoms with Gasteiger partial charge in [-0.1, -0.05) is 39.0 Å². The maximum absolute atomic E-state index is 10.5. The molecule has 1 heterocycles. The third kappa shape index (κ3) is 3.58. The van der Waals surface area contributed by atoms with E-state index < -0.39 is 0 Å². The van der Waals surface area contributed by atoms with Gasteiger partial charge in [0.2, 0.25) is 0 Å². The number of hydrogen-bond donors (Lipinski definition) is 1. The van der Waals surface area contributed by atoms with Crippen LogP contribution in [0.15, 0.2) is 15.2 Å². The average Bonchev–Trinajstić information content (AvgIpc) is 2.82. The maximum atomic E-state index is 10.5. The Morgan fingerprint density at radius 1 is 1.33 bits per heavy atom. The summed E-state index contributed by atoms with van der Waals surface area (Å²) in [4.78, 5) is 0. The smallest absolute Gasteiger partial charge is 0.0837 e. The summed E-state index contributed by atoms with van der Waals surface area (Å²) < 4.78 is 1.08.